The van der Waals surface area contributed by atoms with Gasteiger partial charge in [0.1, 0.15) is 12.3 Å². The van der Waals surface area contributed by atoms with Crippen molar-refractivity contribution in [2.75, 3.05) is 13.2 Å². The number of carbonyl (C=O) groups is 2. The molecule has 8 nitrogen and oxygen atoms in total. The number of carboxylic acid groups (broad SMARTS) is 1. The van der Waals surface area contributed by atoms with Crippen molar-refractivity contribution in [1.29, 1.82) is 0 Å². The molecule has 23 heavy (non-hydrogen) atoms. The Kier molecular flexibility index (Phi) is 5.08. The molecule has 3 N–H and O–H groups in total. The zero-order valence-corrected chi connectivity index (χ0v) is 12.3. The molecule has 0 radical (unpaired) electrons. The first-order valence-electron chi connectivity index (χ1n) is 6.84. The average molecular weight is 317 g/mol. The standard InChI is InChI=1S/C15H15N3O5/c1-2-23-10-5-3-9(4-6-10)11-7-16-14(21)13(18-11)15(22)17-8-12(19)20/h3-7H,2,8H2,1H3,(H,16,21)(H,17,22)(H,19,20). The van der Waals surface area contributed by atoms with Crippen LogP contribution < -0.4 is 15.6 Å². The van der Waals surface area contributed by atoms with E-state index in [1.54, 1.807) is 24.3 Å². The second kappa shape index (κ2) is 7.21. The zero-order chi connectivity index (χ0) is 16.8. The van der Waals surface area contributed by atoms with Crippen molar-refractivity contribution in [2.24, 2.45) is 0 Å². The number of carboxylic acids is 1. The molecule has 0 atom stereocenters. The number of hydrogen-bond acceptors (Lipinski definition) is 5. The maximum atomic E-state index is 11.8. The molecule has 0 aliphatic heterocycles. The predicted molar refractivity (Wildman–Crippen MR) is 81.4 cm³/mol. The second-order valence-corrected chi connectivity index (χ2v) is 4.50. The second-order valence-electron chi connectivity index (χ2n) is 4.50. The number of aromatic nitrogens is 2. The fraction of sp³-hybridized carbons (Fsp3) is 0.200. The van der Waals surface area contributed by atoms with Crippen LogP contribution in [0.25, 0.3) is 11.3 Å². The van der Waals surface area contributed by atoms with Gasteiger partial charge in [-0.3, -0.25) is 14.4 Å². The van der Waals surface area contributed by atoms with Crippen LogP contribution in [-0.2, 0) is 4.79 Å². The summed E-state index contributed by atoms with van der Waals surface area (Å²) in [7, 11) is 0. The van der Waals surface area contributed by atoms with Gasteiger partial charge in [-0.1, -0.05) is 0 Å². The number of aliphatic carboxylic acids is 1. The fourth-order valence-electron chi connectivity index (χ4n) is 1.84. The number of aromatic amines is 1. The van der Waals surface area contributed by atoms with Crippen molar-refractivity contribution in [1.82, 2.24) is 15.3 Å². The van der Waals surface area contributed by atoms with Crippen molar-refractivity contribution < 1.29 is 19.4 Å². The number of nitrogens with one attached hydrogen (secondary N) is 2. The molecule has 0 saturated heterocycles. The Hall–Kier alpha value is -3.16. The molecule has 2 rings (SSSR count). The summed E-state index contributed by atoms with van der Waals surface area (Å²) in [4.78, 5) is 40.4. The highest BCUT2D eigenvalue weighted by Gasteiger charge is 2.15. The molecule has 1 aromatic carbocycles. The van der Waals surface area contributed by atoms with E-state index in [0.717, 1.165) is 0 Å². The van der Waals surface area contributed by atoms with E-state index in [0.29, 0.717) is 23.6 Å². The quantitative estimate of drug-likeness (QED) is 0.719. The lowest BCUT2D eigenvalue weighted by Gasteiger charge is -2.06. The van der Waals surface area contributed by atoms with Gasteiger partial charge in [0.15, 0.2) is 5.69 Å². The SMILES string of the molecule is CCOc1ccc(-c2c[nH]c(=O)c(C(=O)NCC(=O)O)n2)cc1. The van der Waals surface area contributed by atoms with Crippen LogP contribution in [0.2, 0.25) is 0 Å². The molecule has 0 fully saturated rings. The van der Waals surface area contributed by atoms with Gasteiger partial charge in [0.05, 0.1) is 12.3 Å². The summed E-state index contributed by atoms with van der Waals surface area (Å²) in [5.41, 5.74) is -0.0229. The highest BCUT2D eigenvalue weighted by molar-refractivity contribution is 5.94. The first kappa shape index (κ1) is 16.2. The lowest BCUT2D eigenvalue weighted by Crippen LogP contribution is -2.34. The van der Waals surface area contributed by atoms with E-state index in [4.69, 9.17) is 9.84 Å². The summed E-state index contributed by atoms with van der Waals surface area (Å²) in [6, 6.07) is 6.97. The Morgan fingerprint density at radius 3 is 2.61 bits per heavy atom. The third kappa shape index (κ3) is 4.16. The molecule has 0 saturated carbocycles. The van der Waals surface area contributed by atoms with E-state index >= 15 is 0 Å². The molecule has 0 aliphatic carbocycles. The van der Waals surface area contributed by atoms with Gasteiger partial charge in [0, 0.05) is 11.8 Å². The third-order valence-electron chi connectivity index (χ3n) is 2.86. The molecular formula is C15H15N3O5. The molecular weight excluding hydrogens is 302 g/mol. The lowest BCUT2D eigenvalue weighted by atomic mass is 10.1. The number of H-pyrrole nitrogens is 1. The van der Waals surface area contributed by atoms with Crippen LogP contribution in [0.4, 0.5) is 0 Å². The molecule has 0 aliphatic rings. The van der Waals surface area contributed by atoms with Gasteiger partial charge in [-0.25, -0.2) is 4.98 Å². The number of ether oxygens (including phenoxy) is 1. The van der Waals surface area contributed by atoms with Gasteiger partial charge in [0.25, 0.3) is 11.5 Å². The highest BCUT2D eigenvalue weighted by Crippen LogP contribution is 2.19. The fourth-order valence-corrected chi connectivity index (χ4v) is 1.84. The first-order valence-corrected chi connectivity index (χ1v) is 6.84. The molecule has 1 aromatic heterocycles. The van der Waals surface area contributed by atoms with Crippen LogP contribution in [0.15, 0.2) is 35.3 Å². The van der Waals surface area contributed by atoms with Crippen molar-refractivity contribution >= 4 is 11.9 Å². The van der Waals surface area contributed by atoms with Gasteiger partial charge >= 0.3 is 5.97 Å². The van der Waals surface area contributed by atoms with Gasteiger partial charge < -0.3 is 20.1 Å². The summed E-state index contributed by atoms with van der Waals surface area (Å²) in [5.74, 6) is -1.36. The first-order chi connectivity index (χ1) is 11.0. The zero-order valence-electron chi connectivity index (χ0n) is 12.3. The van der Waals surface area contributed by atoms with Gasteiger partial charge in [-0.2, -0.15) is 0 Å². The van der Waals surface area contributed by atoms with Crippen LogP contribution in [0.3, 0.4) is 0 Å². The Morgan fingerprint density at radius 2 is 2.00 bits per heavy atom. The number of hydrogen-bond donors (Lipinski definition) is 3. The number of carbonyl (C=O) groups excluding carboxylic acids is 1. The van der Waals surface area contributed by atoms with Crippen LogP contribution >= 0.6 is 0 Å². The van der Waals surface area contributed by atoms with Crippen LogP contribution in [-0.4, -0.2) is 40.1 Å². The molecule has 0 unspecified atom stereocenters. The van der Waals surface area contributed by atoms with E-state index in [1.165, 1.54) is 6.20 Å². The van der Waals surface area contributed by atoms with Crippen LogP contribution in [0.5, 0.6) is 5.75 Å². The number of benzene rings is 1. The summed E-state index contributed by atoms with van der Waals surface area (Å²) < 4.78 is 5.33. The largest absolute Gasteiger partial charge is 0.494 e. The third-order valence-corrected chi connectivity index (χ3v) is 2.86. The lowest BCUT2D eigenvalue weighted by molar-refractivity contribution is -0.135. The van der Waals surface area contributed by atoms with E-state index in [-0.39, 0.29) is 0 Å². The Labute approximate surface area is 131 Å². The predicted octanol–water partition coefficient (Wildman–Crippen LogP) is 0.650. The minimum absolute atomic E-state index is 0.383. The number of nitrogens with zero attached hydrogens (tertiary/aromatic N) is 1. The topological polar surface area (TPSA) is 121 Å². The summed E-state index contributed by atoms with van der Waals surface area (Å²) in [5, 5.41) is 10.7. The molecule has 120 valence electrons. The van der Waals surface area contributed by atoms with Gasteiger partial charge in [-0.05, 0) is 31.2 Å². The molecule has 0 bridgehead atoms. The van der Waals surface area contributed by atoms with E-state index in [1.807, 2.05) is 6.92 Å². The van der Waals surface area contributed by atoms with Crippen molar-refractivity contribution in [3.05, 3.63) is 46.5 Å². The van der Waals surface area contributed by atoms with E-state index in [2.05, 4.69) is 15.3 Å². The molecule has 8 heteroatoms. The molecule has 1 heterocycles. The van der Waals surface area contributed by atoms with Crippen LogP contribution in [0.1, 0.15) is 17.4 Å². The minimum Gasteiger partial charge on any atom is -0.494 e. The van der Waals surface area contributed by atoms with Crippen molar-refractivity contribution in [2.45, 2.75) is 6.92 Å². The normalized spacial score (nSPS) is 10.1. The summed E-state index contributed by atoms with van der Waals surface area (Å²) in [6.45, 7) is 1.83. The van der Waals surface area contributed by atoms with Crippen molar-refractivity contribution in [3.8, 4) is 17.0 Å². The van der Waals surface area contributed by atoms with Crippen molar-refractivity contribution in [3.63, 3.8) is 0 Å². The molecule has 1 amide bonds. The Balaban J connectivity index is 2.27. The molecule has 2 aromatic rings. The Bertz CT molecular complexity index is 767. The summed E-state index contributed by atoms with van der Waals surface area (Å²) >= 11 is 0. The van der Waals surface area contributed by atoms with Crippen LogP contribution in [0, 0.1) is 0 Å². The number of rotatable bonds is 6. The monoisotopic (exact) mass is 317 g/mol. The highest BCUT2D eigenvalue weighted by atomic mass is 16.5. The summed E-state index contributed by atoms with van der Waals surface area (Å²) in [6.07, 6.45) is 1.38. The van der Waals surface area contributed by atoms with Gasteiger partial charge in [0.2, 0.25) is 0 Å². The molecule has 0 spiro atoms. The average Bonchev–Trinajstić information content (AvgIpc) is 2.54. The maximum Gasteiger partial charge on any atom is 0.322 e. The van der Waals surface area contributed by atoms with Gasteiger partial charge in [-0.15, -0.1) is 0 Å². The smallest absolute Gasteiger partial charge is 0.322 e. The Morgan fingerprint density at radius 1 is 1.30 bits per heavy atom. The minimum atomic E-state index is -1.21. The van der Waals surface area contributed by atoms with E-state index in [9.17, 15) is 14.4 Å². The number of amides is 1. The van der Waals surface area contributed by atoms with E-state index < -0.39 is 29.7 Å². The maximum absolute atomic E-state index is 11.8.